The second-order valence-corrected chi connectivity index (χ2v) is 4.78. The molecule has 3 nitrogen and oxygen atoms in total. The zero-order valence-corrected chi connectivity index (χ0v) is 11.7. The second-order valence-electron chi connectivity index (χ2n) is 4.34. The lowest BCUT2D eigenvalue weighted by Gasteiger charge is -2.00. The largest absolute Gasteiger partial charge is 0.273 e. The van der Waals surface area contributed by atoms with Crippen molar-refractivity contribution in [3.63, 3.8) is 0 Å². The summed E-state index contributed by atoms with van der Waals surface area (Å²) in [5.41, 5.74) is 4.58. The number of carbonyl (C=O) groups excluding carboxylic acids is 1. The highest BCUT2D eigenvalue weighted by molar-refractivity contribution is 6.30. The first-order valence-electron chi connectivity index (χ1n) is 6.33. The third kappa shape index (κ3) is 4.86. The van der Waals surface area contributed by atoms with Gasteiger partial charge in [-0.25, -0.2) is 5.43 Å². The third-order valence-corrected chi connectivity index (χ3v) is 2.98. The molecular weight excluding hydrogens is 272 g/mol. The van der Waals surface area contributed by atoms with Gasteiger partial charge < -0.3 is 0 Å². The van der Waals surface area contributed by atoms with E-state index in [1.807, 2.05) is 42.5 Å². The first kappa shape index (κ1) is 14.3. The molecule has 0 bridgehead atoms. The van der Waals surface area contributed by atoms with Crippen molar-refractivity contribution in [1.29, 1.82) is 0 Å². The van der Waals surface area contributed by atoms with Crippen LogP contribution in [0.4, 0.5) is 0 Å². The summed E-state index contributed by atoms with van der Waals surface area (Å²) in [6, 6.07) is 17.1. The van der Waals surface area contributed by atoms with Gasteiger partial charge in [-0.2, -0.15) is 5.10 Å². The van der Waals surface area contributed by atoms with Gasteiger partial charge in [-0.3, -0.25) is 4.79 Å². The molecule has 0 saturated carbocycles. The van der Waals surface area contributed by atoms with Gasteiger partial charge in [0.2, 0.25) is 5.91 Å². The van der Waals surface area contributed by atoms with Crippen LogP contribution >= 0.6 is 11.6 Å². The van der Waals surface area contributed by atoms with Crippen LogP contribution in [0.15, 0.2) is 59.7 Å². The van der Waals surface area contributed by atoms with E-state index in [2.05, 4.69) is 10.5 Å². The Morgan fingerprint density at radius 1 is 1.05 bits per heavy atom. The van der Waals surface area contributed by atoms with Crippen LogP contribution < -0.4 is 5.43 Å². The van der Waals surface area contributed by atoms with E-state index in [9.17, 15) is 4.79 Å². The molecule has 0 aliphatic heterocycles. The van der Waals surface area contributed by atoms with Crippen LogP contribution in [-0.2, 0) is 17.6 Å². The molecular formula is C16H15ClN2O. The molecule has 2 rings (SSSR count). The highest BCUT2D eigenvalue weighted by Gasteiger charge is 2.01. The molecule has 0 saturated heterocycles. The van der Waals surface area contributed by atoms with Gasteiger partial charge in [0.05, 0.1) is 6.42 Å². The SMILES string of the molecule is O=C(Cc1ccc(Cl)cc1)N/N=C/Cc1ccccc1. The molecule has 0 atom stereocenters. The van der Waals surface area contributed by atoms with Crippen LogP contribution in [-0.4, -0.2) is 12.1 Å². The summed E-state index contributed by atoms with van der Waals surface area (Å²) in [7, 11) is 0. The summed E-state index contributed by atoms with van der Waals surface area (Å²) in [6.07, 6.45) is 2.68. The standard InChI is InChI=1S/C16H15ClN2O/c17-15-8-6-14(7-9-15)12-16(20)19-18-11-10-13-4-2-1-3-5-13/h1-9,11H,10,12H2,(H,19,20)/b18-11+. The van der Waals surface area contributed by atoms with Gasteiger partial charge in [0.15, 0.2) is 0 Å². The van der Waals surface area contributed by atoms with Crippen molar-refractivity contribution < 1.29 is 4.79 Å². The predicted molar refractivity (Wildman–Crippen MR) is 81.9 cm³/mol. The molecule has 0 aromatic heterocycles. The summed E-state index contributed by atoms with van der Waals surface area (Å²) in [5.74, 6) is -0.142. The lowest BCUT2D eigenvalue weighted by atomic mass is 10.1. The summed E-state index contributed by atoms with van der Waals surface area (Å²) in [5, 5.41) is 4.59. The lowest BCUT2D eigenvalue weighted by molar-refractivity contribution is -0.120. The summed E-state index contributed by atoms with van der Waals surface area (Å²) in [4.78, 5) is 11.7. The highest BCUT2D eigenvalue weighted by Crippen LogP contribution is 2.09. The zero-order chi connectivity index (χ0) is 14.2. The molecule has 1 amide bonds. The number of hydrazone groups is 1. The fraction of sp³-hybridized carbons (Fsp3) is 0.125. The molecule has 102 valence electrons. The van der Waals surface area contributed by atoms with E-state index in [1.54, 1.807) is 18.3 Å². The minimum Gasteiger partial charge on any atom is -0.273 e. The first-order chi connectivity index (χ1) is 9.74. The van der Waals surface area contributed by atoms with Crippen molar-refractivity contribution in [2.24, 2.45) is 5.10 Å². The summed E-state index contributed by atoms with van der Waals surface area (Å²) < 4.78 is 0. The van der Waals surface area contributed by atoms with Gasteiger partial charge in [0.1, 0.15) is 0 Å². The number of halogens is 1. The van der Waals surface area contributed by atoms with Gasteiger partial charge in [0.25, 0.3) is 0 Å². The Kier molecular flexibility index (Phi) is 5.33. The number of nitrogens with zero attached hydrogens (tertiary/aromatic N) is 1. The fourth-order valence-electron chi connectivity index (χ4n) is 1.71. The van der Waals surface area contributed by atoms with E-state index < -0.39 is 0 Å². The molecule has 0 heterocycles. The number of benzene rings is 2. The monoisotopic (exact) mass is 286 g/mol. The van der Waals surface area contributed by atoms with E-state index in [0.29, 0.717) is 17.9 Å². The van der Waals surface area contributed by atoms with Crippen molar-refractivity contribution in [3.05, 3.63) is 70.7 Å². The molecule has 0 aliphatic rings. The number of rotatable bonds is 5. The van der Waals surface area contributed by atoms with Crippen LogP contribution in [0.5, 0.6) is 0 Å². The zero-order valence-electron chi connectivity index (χ0n) is 10.9. The fourth-order valence-corrected chi connectivity index (χ4v) is 1.84. The summed E-state index contributed by atoms with van der Waals surface area (Å²) >= 11 is 5.78. The van der Waals surface area contributed by atoms with Crippen LogP contribution in [0.1, 0.15) is 11.1 Å². The van der Waals surface area contributed by atoms with Gasteiger partial charge >= 0.3 is 0 Å². The van der Waals surface area contributed by atoms with E-state index in [4.69, 9.17) is 11.6 Å². The highest BCUT2D eigenvalue weighted by atomic mass is 35.5. The number of hydrogen-bond acceptors (Lipinski definition) is 2. The lowest BCUT2D eigenvalue weighted by Crippen LogP contribution is -2.19. The molecule has 1 N–H and O–H groups in total. The Bertz CT molecular complexity index is 579. The van der Waals surface area contributed by atoms with Crippen LogP contribution in [0.25, 0.3) is 0 Å². The molecule has 0 spiro atoms. The maximum absolute atomic E-state index is 11.7. The van der Waals surface area contributed by atoms with E-state index in [-0.39, 0.29) is 5.91 Å². The van der Waals surface area contributed by atoms with Gasteiger partial charge in [-0.15, -0.1) is 0 Å². The average Bonchev–Trinajstić information content (AvgIpc) is 2.47. The smallest absolute Gasteiger partial charge is 0.244 e. The number of nitrogens with one attached hydrogen (secondary N) is 1. The van der Waals surface area contributed by atoms with Crippen molar-refractivity contribution >= 4 is 23.7 Å². The van der Waals surface area contributed by atoms with Gasteiger partial charge in [0, 0.05) is 17.7 Å². The van der Waals surface area contributed by atoms with Crippen LogP contribution in [0.2, 0.25) is 5.02 Å². The number of hydrogen-bond donors (Lipinski definition) is 1. The van der Waals surface area contributed by atoms with E-state index in [0.717, 1.165) is 11.1 Å². The minimum atomic E-state index is -0.142. The normalized spacial score (nSPS) is 10.7. The van der Waals surface area contributed by atoms with E-state index in [1.165, 1.54) is 0 Å². The Morgan fingerprint density at radius 2 is 1.75 bits per heavy atom. The molecule has 0 unspecified atom stereocenters. The average molecular weight is 287 g/mol. The maximum atomic E-state index is 11.7. The third-order valence-electron chi connectivity index (χ3n) is 2.73. The summed E-state index contributed by atoms with van der Waals surface area (Å²) in [6.45, 7) is 0. The maximum Gasteiger partial charge on any atom is 0.244 e. The molecule has 2 aromatic rings. The van der Waals surface area contributed by atoms with Gasteiger partial charge in [-0.1, -0.05) is 54.1 Å². The number of amides is 1. The van der Waals surface area contributed by atoms with Crippen LogP contribution in [0.3, 0.4) is 0 Å². The molecule has 0 fully saturated rings. The first-order valence-corrected chi connectivity index (χ1v) is 6.70. The Hall–Kier alpha value is -2.13. The minimum absolute atomic E-state index is 0.142. The van der Waals surface area contributed by atoms with E-state index >= 15 is 0 Å². The Labute approximate surface area is 123 Å². The Morgan fingerprint density at radius 3 is 2.45 bits per heavy atom. The van der Waals surface area contributed by atoms with Crippen molar-refractivity contribution in [2.45, 2.75) is 12.8 Å². The molecule has 4 heteroatoms. The van der Waals surface area contributed by atoms with Crippen molar-refractivity contribution in [2.75, 3.05) is 0 Å². The van der Waals surface area contributed by atoms with Crippen LogP contribution in [0, 0.1) is 0 Å². The Balaban J connectivity index is 1.76. The van der Waals surface area contributed by atoms with Crippen molar-refractivity contribution in [3.8, 4) is 0 Å². The molecule has 0 radical (unpaired) electrons. The number of carbonyl (C=O) groups is 1. The molecule has 0 aliphatic carbocycles. The molecule has 20 heavy (non-hydrogen) atoms. The predicted octanol–water partition coefficient (Wildman–Crippen LogP) is 3.23. The van der Waals surface area contributed by atoms with Crippen molar-refractivity contribution in [1.82, 2.24) is 5.43 Å². The quantitative estimate of drug-likeness (QED) is 0.665. The molecule has 2 aromatic carbocycles. The topological polar surface area (TPSA) is 41.5 Å². The second kappa shape index (κ2) is 7.46. The van der Waals surface area contributed by atoms with Gasteiger partial charge in [-0.05, 0) is 23.3 Å².